The molecule has 1 aromatic heterocycles. The van der Waals surface area contributed by atoms with E-state index in [4.69, 9.17) is 9.47 Å². The lowest BCUT2D eigenvalue weighted by atomic mass is 10.2. The predicted octanol–water partition coefficient (Wildman–Crippen LogP) is 6.04. The van der Waals surface area contributed by atoms with Crippen LogP contribution in [0.5, 0.6) is 11.5 Å². The zero-order valence-corrected chi connectivity index (χ0v) is 19.8. The summed E-state index contributed by atoms with van der Waals surface area (Å²) in [5.74, 6) is 1.15. The fourth-order valence-electron chi connectivity index (χ4n) is 2.74. The molecule has 0 radical (unpaired) electrons. The van der Waals surface area contributed by atoms with Gasteiger partial charge >= 0.3 is 6.18 Å². The van der Waals surface area contributed by atoms with Crippen molar-refractivity contribution in [2.24, 2.45) is 5.10 Å². The van der Waals surface area contributed by atoms with E-state index in [1.807, 2.05) is 6.92 Å². The summed E-state index contributed by atoms with van der Waals surface area (Å²) in [5.41, 5.74) is 3.15. The topological polar surface area (TPSA) is 98.9 Å². The second-order valence-corrected chi connectivity index (χ2v) is 7.94. The van der Waals surface area contributed by atoms with Crippen molar-refractivity contribution in [2.45, 2.75) is 19.7 Å². The van der Waals surface area contributed by atoms with Gasteiger partial charge in [-0.25, -0.2) is 4.98 Å². The fraction of sp³-hybridized carbons (Fsp3) is 0.182. The van der Waals surface area contributed by atoms with Crippen LogP contribution in [0.25, 0.3) is 0 Å². The summed E-state index contributed by atoms with van der Waals surface area (Å²) >= 11 is 2.09. The quantitative estimate of drug-likeness (QED) is 0.142. The van der Waals surface area contributed by atoms with Gasteiger partial charge in [0.15, 0.2) is 11.5 Å². The number of rotatable bonds is 9. The van der Waals surface area contributed by atoms with Crippen LogP contribution in [0.1, 0.15) is 23.6 Å². The number of non-ortho nitro benzene ring substituents is 1. The van der Waals surface area contributed by atoms with E-state index in [0.717, 1.165) is 21.4 Å². The van der Waals surface area contributed by atoms with Crippen molar-refractivity contribution in [1.82, 2.24) is 4.98 Å². The molecule has 0 atom stereocenters. The van der Waals surface area contributed by atoms with Crippen LogP contribution in [-0.4, -0.2) is 22.7 Å². The van der Waals surface area contributed by atoms with Gasteiger partial charge in [0.25, 0.3) is 5.69 Å². The number of pyridine rings is 1. The molecular formula is C22H18F3IN4O4. The normalized spacial score (nSPS) is 11.4. The largest absolute Gasteiger partial charge is 0.490 e. The summed E-state index contributed by atoms with van der Waals surface area (Å²) in [7, 11) is 0. The maximum Gasteiger partial charge on any atom is 0.417 e. The van der Waals surface area contributed by atoms with Gasteiger partial charge in [-0.15, -0.1) is 0 Å². The summed E-state index contributed by atoms with van der Waals surface area (Å²) in [6, 6.07) is 11.7. The number of anilines is 1. The van der Waals surface area contributed by atoms with Gasteiger partial charge < -0.3 is 9.47 Å². The van der Waals surface area contributed by atoms with Crippen LogP contribution >= 0.6 is 22.6 Å². The molecule has 0 aliphatic rings. The van der Waals surface area contributed by atoms with Gasteiger partial charge in [-0.1, -0.05) is 0 Å². The van der Waals surface area contributed by atoms with E-state index in [0.29, 0.717) is 23.7 Å². The average Bonchev–Trinajstić information content (AvgIpc) is 2.79. The molecule has 0 spiro atoms. The third-order valence-corrected chi connectivity index (χ3v) is 5.15. The first-order valence-electron chi connectivity index (χ1n) is 9.82. The Morgan fingerprint density at radius 3 is 2.50 bits per heavy atom. The Morgan fingerprint density at radius 1 is 1.18 bits per heavy atom. The van der Waals surface area contributed by atoms with Crippen molar-refractivity contribution in [3.63, 3.8) is 0 Å². The van der Waals surface area contributed by atoms with Crippen molar-refractivity contribution in [1.29, 1.82) is 0 Å². The molecule has 0 fully saturated rings. The van der Waals surface area contributed by atoms with Crippen LogP contribution in [0.15, 0.2) is 59.8 Å². The molecule has 34 heavy (non-hydrogen) atoms. The molecule has 0 aliphatic carbocycles. The first kappa shape index (κ1) is 25.2. The molecule has 0 amide bonds. The maximum atomic E-state index is 12.6. The zero-order chi connectivity index (χ0) is 24.7. The molecule has 1 heterocycles. The number of ether oxygens (including phenoxy) is 2. The predicted molar refractivity (Wildman–Crippen MR) is 128 cm³/mol. The van der Waals surface area contributed by atoms with Gasteiger partial charge in [0.1, 0.15) is 12.4 Å². The summed E-state index contributed by atoms with van der Waals surface area (Å²) in [5, 5.41) is 14.8. The number of hydrogen-bond acceptors (Lipinski definition) is 7. The van der Waals surface area contributed by atoms with Gasteiger partial charge in [-0.2, -0.15) is 18.3 Å². The van der Waals surface area contributed by atoms with Crippen molar-refractivity contribution < 1.29 is 27.6 Å². The van der Waals surface area contributed by atoms with Crippen molar-refractivity contribution >= 4 is 40.3 Å². The van der Waals surface area contributed by atoms with Gasteiger partial charge in [0, 0.05) is 18.3 Å². The van der Waals surface area contributed by atoms with E-state index in [2.05, 4.69) is 38.1 Å². The second kappa shape index (κ2) is 11.1. The Labute approximate surface area is 206 Å². The average molecular weight is 586 g/mol. The number of nitro benzene ring substituents is 1. The molecule has 178 valence electrons. The molecule has 12 heteroatoms. The van der Waals surface area contributed by atoms with E-state index in [9.17, 15) is 23.3 Å². The Bertz CT molecular complexity index is 1170. The molecule has 3 rings (SSSR count). The Balaban J connectivity index is 1.70. The van der Waals surface area contributed by atoms with Gasteiger partial charge in [0.05, 0.1) is 26.9 Å². The summed E-state index contributed by atoms with van der Waals surface area (Å²) in [6.07, 6.45) is -2.25. The Morgan fingerprint density at radius 2 is 1.91 bits per heavy atom. The number of benzene rings is 2. The highest BCUT2D eigenvalue weighted by Crippen LogP contribution is 2.35. The van der Waals surface area contributed by atoms with E-state index < -0.39 is 16.7 Å². The van der Waals surface area contributed by atoms with E-state index in [-0.39, 0.29) is 18.1 Å². The lowest BCUT2D eigenvalue weighted by Gasteiger charge is -2.14. The summed E-state index contributed by atoms with van der Waals surface area (Å²) < 4.78 is 50.2. The number of alkyl halides is 3. The molecule has 1 N–H and O–H groups in total. The number of nitrogens with one attached hydrogen (secondary N) is 1. The lowest BCUT2D eigenvalue weighted by Crippen LogP contribution is -2.05. The number of nitrogens with zero attached hydrogens (tertiary/aromatic N) is 3. The number of halogens is 4. The van der Waals surface area contributed by atoms with Crippen molar-refractivity contribution in [3.05, 3.63) is 85.1 Å². The molecular weight excluding hydrogens is 568 g/mol. The van der Waals surface area contributed by atoms with Crippen LogP contribution in [0.4, 0.5) is 24.7 Å². The molecule has 2 aromatic carbocycles. The monoisotopic (exact) mass is 586 g/mol. The highest BCUT2D eigenvalue weighted by molar-refractivity contribution is 14.1. The highest BCUT2D eigenvalue weighted by Gasteiger charge is 2.30. The molecule has 0 saturated heterocycles. The number of nitro groups is 1. The first-order chi connectivity index (χ1) is 16.2. The van der Waals surface area contributed by atoms with Crippen LogP contribution < -0.4 is 14.9 Å². The summed E-state index contributed by atoms with van der Waals surface area (Å²) in [6.45, 7) is 2.40. The van der Waals surface area contributed by atoms with Gasteiger partial charge in [-0.05, 0) is 77.0 Å². The molecule has 0 unspecified atom stereocenters. The van der Waals surface area contributed by atoms with Crippen molar-refractivity contribution in [3.8, 4) is 11.5 Å². The van der Waals surface area contributed by atoms with E-state index >= 15 is 0 Å². The van der Waals surface area contributed by atoms with Gasteiger partial charge in [-0.3, -0.25) is 15.5 Å². The van der Waals surface area contributed by atoms with Crippen LogP contribution in [0.2, 0.25) is 0 Å². The van der Waals surface area contributed by atoms with E-state index in [1.54, 1.807) is 24.3 Å². The number of aromatic nitrogens is 1. The molecule has 0 aliphatic heterocycles. The summed E-state index contributed by atoms with van der Waals surface area (Å²) in [4.78, 5) is 14.0. The van der Waals surface area contributed by atoms with Crippen LogP contribution in [-0.2, 0) is 12.8 Å². The third-order valence-electron chi connectivity index (χ3n) is 4.35. The SMILES string of the molecule is CCOc1cc(/C=N\Nc2ccc(C(F)(F)F)cn2)cc(I)c1OCc1ccc([N+](=O)[O-])cc1. The standard InChI is InChI=1S/C22H18F3IN4O4/c1-2-33-19-10-15(11-28-29-20-8-5-16(12-27-20)22(23,24)25)9-18(26)21(19)34-13-14-3-6-17(7-4-14)30(31)32/h3-12H,2,13H2,1H3,(H,27,29)/b28-11-. The minimum absolute atomic E-state index is 0.00270. The lowest BCUT2D eigenvalue weighted by molar-refractivity contribution is -0.384. The van der Waals surface area contributed by atoms with Gasteiger partial charge in [0.2, 0.25) is 0 Å². The second-order valence-electron chi connectivity index (χ2n) is 6.78. The molecule has 8 nitrogen and oxygen atoms in total. The fourth-order valence-corrected chi connectivity index (χ4v) is 3.52. The molecule has 0 bridgehead atoms. The molecule has 0 saturated carbocycles. The number of hydrazone groups is 1. The van der Waals surface area contributed by atoms with Crippen LogP contribution in [0, 0.1) is 13.7 Å². The van der Waals surface area contributed by atoms with E-state index in [1.165, 1.54) is 24.4 Å². The highest BCUT2D eigenvalue weighted by atomic mass is 127. The number of hydrogen-bond donors (Lipinski definition) is 1. The minimum Gasteiger partial charge on any atom is -0.490 e. The molecule has 3 aromatic rings. The van der Waals surface area contributed by atoms with Crippen LogP contribution in [0.3, 0.4) is 0 Å². The Hall–Kier alpha value is -3.42. The van der Waals surface area contributed by atoms with Crippen molar-refractivity contribution in [2.75, 3.05) is 12.0 Å². The zero-order valence-electron chi connectivity index (χ0n) is 17.7. The Kier molecular flexibility index (Phi) is 8.26. The first-order valence-corrected chi connectivity index (χ1v) is 10.9. The minimum atomic E-state index is -4.45. The maximum absolute atomic E-state index is 12.6. The third kappa shape index (κ3) is 6.79. The smallest absolute Gasteiger partial charge is 0.417 e.